The first-order valence-electron chi connectivity index (χ1n) is 7.31. The summed E-state index contributed by atoms with van der Waals surface area (Å²) < 4.78 is 5.30. The molecule has 1 aromatic rings. The van der Waals surface area contributed by atoms with Crippen molar-refractivity contribution < 1.29 is 9.52 Å². The minimum absolute atomic E-state index is 0.330. The van der Waals surface area contributed by atoms with Gasteiger partial charge in [0.05, 0.1) is 6.54 Å². The zero-order valence-corrected chi connectivity index (χ0v) is 12.3. The fourth-order valence-corrected chi connectivity index (χ4v) is 2.58. The predicted molar refractivity (Wildman–Crippen MR) is 77.8 cm³/mol. The Kier molecular flexibility index (Phi) is 5.20. The Labute approximate surface area is 119 Å². The molecule has 0 amide bonds. The van der Waals surface area contributed by atoms with Crippen LogP contribution in [0.3, 0.4) is 0 Å². The summed E-state index contributed by atoms with van der Waals surface area (Å²) in [5.41, 5.74) is -0.378. The minimum atomic E-state index is -0.378. The molecule has 2 N–H and O–H groups in total. The Bertz CT molecular complexity index is 478. The fourth-order valence-electron chi connectivity index (χ4n) is 2.58. The SMILES string of the molecule is CC(C)N(Cc1cc(=O)c(O)co1)CC1CCNCC1. The van der Waals surface area contributed by atoms with Gasteiger partial charge in [0.25, 0.3) is 0 Å². The number of piperidine rings is 1. The first-order valence-corrected chi connectivity index (χ1v) is 7.31. The van der Waals surface area contributed by atoms with E-state index in [9.17, 15) is 9.90 Å². The van der Waals surface area contributed by atoms with Gasteiger partial charge in [0.2, 0.25) is 5.43 Å². The van der Waals surface area contributed by atoms with Crippen LogP contribution in [0.25, 0.3) is 0 Å². The van der Waals surface area contributed by atoms with E-state index in [2.05, 4.69) is 24.1 Å². The summed E-state index contributed by atoms with van der Waals surface area (Å²) in [5.74, 6) is 0.973. The van der Waals surface area contributed by atoms with Crippen molar-refractivity contribution in [3.8, 4) is 5.75 Å². The average Bonchev–Trinajstić information content (AvgIpc) is 2.43. The highest BCUT2D eigenvalue weighted by Crippen LogP contribution is 2.17. The number of nitrogens with zero attached hydrogens (tertiary/aromatic N) is 1. The standard InChI is InChI=1S/C15H24N2O3/c1-11(2)17(8-12-3-5-16-6-4-12)9-13-7-14(18)15(19)10-20-13/h7,10-12,16,19H,3-6,8-9H2,1-2H3. The molecule has 20 heavy (non-hydrogen) atoms. The van der Waals surface area contributed by atoms with Gasteiger partial charge in [0.1, 0.15) is 12.0 Å². The molecule has 0 radical (unpaired) electrons. The Morgan fingerprint density at radius 2 is 2.15 bits per heavy atom. The monoisotopic (exact) mass is 280 g/mol. The van der Waals surface area contributed by atoms with E-state index in [-0.39, 0.29) is 11.2 Å². The van der Waals surface area contributed by atoms with E-state index < -0.39 is 0 Å². The van der Waals surface area contributed by atoms with Crippen LogP contribution >= 0.6 is 0 Å². The van der Waals surface area contributed by atoms with Crippen molar-refractivity contribution in [1.82, 2.24) is 10.2 Å². The van der Waals surface area contributed by atoms with E-state index in [1.807, 2.05) is 0 Å². The first kappa shape index (κ1) is 15.1. The second kappa shape index (κ2) is 6.90. The number of hydrogen-bond acceptors (Lipinski definition) is 5. The smallest absolute Gasteiger partial charge is 0.226 e. The first-order chi connectivity index (χ1) is 9.56. The second-order valence-electron chi connectivity index (χ2n) is 5.81. The molecule has 5 heteroatoms. The maximum atomic E-state index is 11.4. The van der Waals surface area contributed by atoms with Crippen molar-refractivity contribution in [2.75, 3.05) is 19.6 Å². The molecule has 0 unspecified atom stereocenters. The third kappa shape index (κ3) is 4.08. The Balaban J connectivity index is 2.00. The maximum absolute atomic E-state index is 11.4. The summed E-state index contributed by atoms with van der Waals surface area (Å²) in [7, 11) is 0. The molecule has 2 rings (SSSR count). The Morgan fingerprint density at radius 3 is 2.75 bits per heavy atom. The van der Waals surface area contributed by atoms with E-state index >= 15 is 0 Å². The van der Waals surface area contributed by atoms with Crippen molar-refractivity contribution in [1.29, 1.82) is 0 Å². The van der Waals surface area contributed by atoms with Crippen LogP contribution in [0.5, 0.6) is 5.75 Å². The van der Waals surface area contributed by atoms with Gasteiger partial charge in [-0.15, -0.1) is 0 Å². The summed E-state index contributed by atoms with van der Waals surface area (Å²) in [4.78, 5) is 13.8. The Hall–Kier alpha value is -1.33. The lowest BCUT2D eigenvalue weighted by Gasteiger charge is -2.32. The molecule has 0 aliphatic carbocycles. The molecule has 1 saturated heterocycles. The van der Waals surface area contributed by atoms with Gasteiger partial charge in [0, 0.05) is 18.7 Å². The van der Waals surface area contributed by atoms with Gasteiger partial charge >= 0.3 is 0 Å². The zero-order chi connectivity index (χ0) is 14.5. The molecule has 1 aliphatic heterocycles. The van der Waals surface area contributed by atoms with Gasteiger partial charge in [-0.3, -0.25) is 9.69 Å². The third-order valence-corrected chi connectivity index (χ3v) is 3.91. The molecule has 1 aliphatic rings. The van der Waals surface area contributed by atoms with Crippen LogP contribution in [0.1, 0.15) is 32.4 Å². The quantitative estimate of drug-likeness (QED) is 0.857. The topological polar surface area (TPSA) is 65.7 Å². The molecule has 0 aromatic carbocycles. The van der Waals surface area contributed by atoms with Crippen LogP contribution in [0.4, 0.5) is 0 Å². The lowest BCUT2D eigenvalue weighted by molar-refractivity contribution is 0.150. The highest BCUT2D eigenvalue weighted by molar-refractivity contribution is 5.15. The van der Waals surface area contributed by atoms with Crippen LogP contribution in [-0.4, -0.2) is 35.7 Å². The van der Waals surface area contributed by atoms with Gasteiger partial charge in [-0.05, 0) is 45.7 Å². The van der Waals surface area contributed by atoms with Gasteiger partial charge in [-0.25, -0.2) is 0 Å². The maximum Gasteiger partial charge on any atom is 0.226 e. The van der Waals surface area contributed by atoms with Crippen LogP contribution in [-0.2, 0) is 6.54 Å². The molecule has 0 saturated carbocycles. The molecular weight excluding hydrogens is 256 g/mol. The fraction of sp³-hybridized carbons (Fsp3) is 0.667. The van der Waals surface area contributed by atoms with E-state index in [0.717, 1.165) is 25.9 Å². The molecule has 112 valence electrons. The number of nitrogens with one attached hydrogen (secondary N) is 1. The summed E-state index contributed by atoms with van der Waals surface area (Å²) >= 11 is 0. The molecule has 0 atom stereocenters. The van der Waals surface area contributed by atoms with E-state index in [4.69, 9.17) is 4.42 Å². The second-order valence-corrected chi connectivity index (χ2v) is 5.81. The highest BCUT2D eigenvalue weighted by Gasteiger charge is 2.20. The van der Waals surface area contributed by atoms with Gasteiger partial charge in [-0.2, -0.15) is 0 Å². The Morgan fingerprint density at radius 1 is 1.45 bits per heavy atom. The molecular formula is C15H24N2O3. The zero-order valence-electron chi connectivity index (χ0n) is 12.3. The van der Waals surface area contributed by atoms with Crippen molar-refractivity contribution in [2.45, 2.75) is 39.3 Å². The third-order valence-electron chi connectivity index (χ3n) is 3.91. The summed E-state index contributed by atoms with van der Waals surface area (Å²) in [6, 6.07) is 1.77. The lowest BCUT2D eigenvalue weighted by Crippen LogP contribution is -2.39. The van der Waals surface area contributed by atoms with Crippen LogP contribution < -0.4 is 10.7 Å². The normalized spacial score (nSPS) is 17.0. The van der Waals surface area contributed by atoms with E-state index in [1.165, 1.54) is 18.9 Å². The number of rotatable bonds is 5. The molecule has 0 spiro atoms. The van der Waals surface area contributed by atoms with E-state index in [1.54, 1.807) is 0 Å². The summed E-state index contributed by atoms with van der Waals surface area (Å²) in [5, 5.41) is 12.6. The van der Waals surface area contributed by atoms with Crippen LogP contribution in [0, 0.1) is 5.92 Å². The van der Waals surface area contributed by atoms with E-state index in [0.29, 0.717) is 24.3 Å². The molecule has 0 bridgehead atoms. The largest absolute Gasteiger partial charge is 0.502 e. The van der Waals surface area contributed by atoms with Crippen molar-refractivity contribution >= 4 is 0 Å². The average molecular weight is 280 g/mol. The molecule has 1 aromatic heterocycles. The van der Waals surface area contributed by atoms with Crippen molar-refractivity contribution in [3.63, 3.8) is 0 Å². The predicted octanol–water partition coefficient (Wildman–Crippen LogP) is 1.56. The van der Waals surface area contributed by atoms with Crippen molar-refractivity contribution in [2.24, 2.45) is 5.92 Å². The highest BCUT2D eigenvalue weighted by atomic mass is 16.4. The van der Waals surface area contributed by atoms with Gasteiger partial charge < -0.3 is 14.8 Å². The molecule has 1 fully saturated rings. The van der Waals surface area contributed by atoms with Crippen LogP contribution in [0.15, 0.2) is 21.5 Å². The summed E-state index contributed by atoms with van der Waals surface area (Å²) in [6.45, 7) is 8.11. The lowest BCUT2D eigenvalue weighted by atomic mass is 9.97. The van der Waals surface area contributed by atoms with Crippen LogP contribution in [0.2, 0.25) is 0 Å². The number of hydrogen-bond donors (Lipinski definition) is 2. The minimum Gasteiger partial charge on any atom is -0.502 e. The summed E-state index contributed by atoms with van der Waals surface area (Å²) in [6.07, 6.45) is 3.52. The van der Waals surface area contributed by atoms with Gasteiger partial charge in [-0.1, -0.05) is 0 Å². The molecule has 2 heterocycles. The number of aromatic hydroxyl groups is 1. The van der Waals surface area contributed by atoms with Crippen molar-refractivity contribution in [3.05, 3.63) is 28.3 Å². The molecule has 5 nitrogen and oxygen atoms in total. The van der Waals surface area contributed by atoms with Gasteiger partial charge in [0.15, 0.2) is 5.75 Å².